The van der Waals surface area contributed by atoms with Crippen molar-refractivity contribution in [2.24, 2.45) is 11.8 Å². The first-order valence-electron chi connectivity index (χ1n) is 7.59. The van der Waals surface area contributed by atoms with E-state index in [1.807, 2.05) is 4.90 Å². The number of nitrogens with zero attached hydrogens (tertiary/aromatic N) is 1. The Morgan fingerprint density at radius 3 is 2.55 bits per heavy atom. The van der Waals surface area contributed by atoms with Gasteiger partial charge in [-0.3, -0.25) is 14.5 Å². The number of likely N-dealkylation sites (tertiary alicyclic amines) is 1. The number of amides is 1. The number of hydrogen-bond donors (Lipinski definition) is 2. The lowest BCUT2D eigenvalue weighted by Gasteiger charge is -2.39. The van der Waals surface area contributed by atoms with Crippen molar-refractivity contribution in [2.45, 2.75) is 59.0 Å². The molecule has 1 saturated heterocycles. The van der Waals surface area contributed by atoms with Gasteiger partial charge in [0.1, 0.15) is 6.04 Å². The van der Waals surface area contributed by atoms with Gasteiger partial charge in [0, 0.05) is 13.1 Å². The van der Waals surface area contributed by atoms with Crippen molar-refractivity contribution in [3.05, 3.63) is 0 Å². The van der Waals surface area contributed by atoms with Gasteiger partial charge in [-0.2, -0.15) is 0 Å². The number of carbonyl (C=O) groups is 2. The Morgan fingerprint density at radius 2 is 2.00 bits per heavy atom. The second kappa shape index (κ2) is 7.62. The van der Waals surface area contributed by atoms with Crippen molar-refractivity contribution in [3.63, 3.8) is 0 Å². The number of piperidine rings is 1. The summed E-state index contributed by atoms with van der Waals surface area (Å²) >= 11 is 0. The van der Waals surface area contributed by atoms with Crippen LogP contribution in [-0.4, -0.2) is 47.1 Å². The van der Waals surface area contributed by atoms with Crippen LogP contribution in [0.2, 0.25) is 0 Å². The van der Waals surface area contributed by atoms with E-state index in [2.05, 4.69) is 26.1 Å². The lowest BCUT2D eigenvalue weighted by atomic mass is 9.91. The summed E-state index contributed by atoms with van der Waals surface area (Å²) in [5, 5.41) is 12.2. The van der Waals surface area contributed by atoms with Gasteiger partial charge in [-0.25, -0.2) is 0 Å². The molecule has 0 aromatic heterocycles. The molecule has 0 bridgehead atoms. The Bertz CT molecular complexity index is 344. The molecule has 1 aliphatic rings. The quantitative estimate of drug-likeness (QED) is 0.779. The fraction of sp³-hybridized carbons (Fsp3) is 0.867. The van der Waals surface area contributed by atoms with Crippen LogP contribution in [0.15, 0.2) is 0 Å². The van der Waals surface area contributed by atoms with Gasteiger partial charge in [0.25, 0.3) is 0 Å². The Labute approximate surface area is 121 Å². The summed E-state index contributed by atoms with van der Waals surface area (Å²) in [6.07, 6.45) is 2.52. The van der Waals surface area contributed by atoms with E-state index in [0.29, 0.717) is 31.3 Å². The third-order valence-corrected chi connectivity index (χ3v) is 4.09. The van der Waals surface area contributed by atoms with E-state index < -0.39 is 12.0 Å². The fourth-order valence-corrected chi connectivity index (χ4v) is 2.65. The number of nitrogens with one attached hydrogen (secondary N) is 1. The van der Waals surface area contributed by atoms with Crippen molar-refractivity contribution in [1.29, 1.82) is 0 Å². The second-order valence-corrected chi connectivity index (χ2v) is 6.37. The highest BCUT2D eigenvalue weighted by molar-refractivity contribution is 5.82. The number of hydrogen-bond acceptors (Lipinski definition) is 3. The Hall–Kier alpha value is -1.10. The van der Waals surface area contributed by atoms with Crippen molar-refractivity contribution in [2.75, 3.05) is 13.1 Å². The van der Waals surface area contributed by atoms with Gasteiger partial charge in [-0.05, 0) is 38.0 Å². The summed E-state index contributed by atoms with van der Waals surface area (Å²) < 4.78 is 0. The van der Waals surface area contributed by atoms with Gasteiger partial charge in [-0.1, -0.05) is 20.8 Å². The summed E-state index contributed by atoms with van der Waals surface area (Å²) in [6.45, 7) is 9.43. The molecule has 1 amide bonds. The van der Waals surface area contributed by atoms with E-state index in [1.165, 1.54) is 0 Å². The molecule has 1 fully saturated rings. The third-order valence-electron chi connectivity index (χ3n) is 4.09. The molecule has 1 rings (SSSR count). The number of aliphatic carboxylic acids is 1. The highest BCUT2D eigenvalue weighted by Gasteiger charge is 2.36. The molecule has 5 nitrogen and oxygen atoms in total. The lowest BCUT2D eigenvalue weighted by molar-refractivity contribution is -0.148. The summed E-state index contributed by atoms with van der Waals surface area (Å²) in [5.41, 5.74) is 0. The number of carbonyl (C=O) groups excluding carboxylic acids is 1. The molecule has 3 atom stereocenters. The molecule has 5 heteroatoms. The van der Waals surface area contributed by atoms with E-state index in [0.717, 1.165) is 12.8 Å². The maximum atomic E-state index is 12.1. The predicted octanol–water partition coefficient (Wildman–Crippen LogP) is 1.72. The SMILES string of the molecule is CC(C)CCNC(=O)C(C)N1CCC(C)CC1C(=O)O. The van der Waals surface area contributed by atoms with Gasteiger partial charge in [0.2, 0.25) is 5.91 Å². The van der Waals surface area contributed by atoms with Gasteiger partial charge < -0.3 is 10.4 Å². The molecular formula is C15H28N2O3. The molecule has 2 N–H and O–H groups in total. The van der Waals surface area contributed by atoms with Crippen LogP contribution >= 0.6 is 0 Å². The smallest absolute Gasteiger partial charge is 0.320 e. The Kier molecular flexibility index (Phi) is 6.46. The fourth-order valence-electron chi connectivity index (χ4n) is 2.65. The monoisotopic (exact) mass is 284 g/mol. The highest BCUT2D eigenvalue weighted by atomic mass is 16.4. The standard InChI is InChI=1S/C15H28N2O3/c1-10(2)5-7-16-14(18)12(4)17-8-6-11(3)9-13(17)15(19)20/h10-13H,5-9H2,1-4H3,(H,16,18)(H,19,20). The minimum atomic E-state index is -0.821. The molecule has 1 heterocycles. The Morgan fingerprint density at radius 1 is 1.35 bits per heavy atom. The lowest BCUT2D eigenvalue weighted by Crippen LogP contribution is -2.55. The van der Waals surface area contributed by atoms with E-state index in [4.69, 9.17) is 0 Å². The van der Waals surface area contributed by atoms with Gasteiger partial charge >= 0.3 is 5.97 Å². The average Bonchev–Trinajstić information content (AvgIpc) is 2.37. The highest BCUT2D eigenvalue weighted by Crippen LogP contribution is 2.24. The molecular weight excluding hydrogens is 256 g/mol. The van der Waals surface area contributed by atoms with Gasteiger partial charge in [0.05, 0.1) is 6.04 Å². The van der Waals surface area contributed by atoms with Crippen molar-refractivity contribution >= 4 is 11.9 Å². The average molecular weight is 284 g/mol. The third kappa shape index (κ3) is 4.78. The molecule has 0 aromatic rings. The van der Waals surface area contributed by atoms with Gasteiger partial charge in [-0.15, -0.1) is 0 Å². The van der Waals surface area contributed by atoms with E-state index in [1.54, 1.807) is 6.92 Å². The van der Waals surface area contributed by atoms with E-state index in [-0.39, 0.29) is 11.9 Å². The molecule has 1 aliphatic heterocycles. The number of carboxylic acids is 1. The zero-order valence-corrected chi connectivity index (χ0v) is 13.1. The van der Waals surface area contributed by atoms with Crippen LogP contribution in [0.4, 0.5) is 0 Å². The van der Waals surface area contributed by atoms with Crippen LogP contribution in [0.3, 0.4) is 0 Å². The Balaban J connectivity index is 2.57. The van der Waals surface area contributed by atoms with Crippen LogP contribution in [0, 0.1) is 11.8 Å². The normalized spacial score (nSPS) is 25.4. The zero-order chi connectivity index (χ0) is 15.3. The first kappa shape index (κ1) is 17.0. The predicted molar refractivity (Wildman–Crippen MR) is 78.5 cm³/mol. The van der Waals surface area contributed by atoms with E-state index in [9.17, 15) is 14.7 Å². The van der Waals surface area contributed by atoms with Crippen LogP contribution < -0.4 is 5.32 Å². The summed E-state index contributed by atoms with van der Waals surface area (Å²) in [7, 11) is 0. The molecule has 0 saturated carbocycles. The van der Waals surface area contributed by atoms with Crippen LogP contribution in [0.1, 0.15) is 47.0 Å². The van der Waals surface area contributed by atoms with Crippen molar-refractivity contribution < 1.29 is 14.7 Å². The topological polar surface area (TPSA) is 69.6 Å². The van der Waals surface area contributed by atoms with Crippen LogP contribution in [-0.2, 0) is 9.59 Å². The maximum Gasteiger partial charge on any atom is 0.320 e. The molecule has 0 spiro atoms. The number of rotatable bonds is 6. The molecule has 20 heavy (non-hydrogen) atoms. The second-order valence-electron chi connectivity index (χ2n) is 6.37. The molecule has 0 aromatic carbocycles. The minimum Gasteiger partial charge on any atom is -0.480 e. The zero-order valence-electron chi connectivity index (χ0n) is 13.1. The maximum absolute atomic E-state index is 12.1. The van der Waals surface area contributed by atoms with Crippen LogP contribution in [0.5, 0.6) is 0 Å². The van der Waals surface area contributed by atoms with Crippen molar-refractivity contribution in [3.8, 4) is 0 Å². The van der Waals surface area contributed by atoms with Crippen LogP contribution in [0.25, 0.3) is 0 Å². The molecule has 116 valence electrons. The number of carboxylic acid groups (broad SMARTS) is 1. The first-order valence-corrected chi connectivity index (χ1v) is 7.59. The van der Waals surface area contributed by atoms with Crippen molar-refractivity contribution in [1.82, 2.24) is 10.2 Å². The summed E-state index contributed by atoms with van der Waals surface area (Å²) in [4.78, 5) is 25.3. The van der Waals surface area contributed by atoms with E-state index >= 15 is 0 Å². The first-order chi connectivity index (χ1) is 9.32. The molecule has 0 radical (unpaired) electrons. The molecule has 0 aliphatic carbocycles. The van der Waals surface area contributed by atoms with Gasteiger partial charge in [0.15, 0.2) is 0 Å². The molecule has 3 unspecified atom stereocenters. The summed E-state index contributed by atoms with van der Waals surface area (Å²) in [6, 6.07) is -0.916. The summed E-state index contributed by atoms with van der Waals surface area (Å²) in [5.74, 6) is 0.0709. The largest absolute Gasteiger partial charge is 0.480 e. The minimum absolute atomic E-state index is 0.0635.